The zero-order valence-corrected chi connectivity index (χ0v) is 7.98. The fraction of sp³-hybridized carbons (Fsp3) is 1.00. The van der Waals surface area contributed by atoms with Crippen molar-refractivity contribution in [3.05, 3.63) is 0 Å². The molecule has 0 radical (unpaired) electrons. The summed E-state index contributed by atoms with van der Waals surface area (Å²) in [6.07, 6.45) is 3.08. The summed E-state index contributed by atoms with van der Waals surface area (Å²) in [6.45, 7) is 2.49. The first-order chi connectivity index (χ1) is 6.23. The molecule has 6 aliphatic carbocycles. The van der Waals surface area contributed by atoms with Crippen molar-refractivity contribution in [2.75, 3.05) is 0 Å². The first-order valence-electron chi connectivity index (χ1n) is 5.91. The molecule has 0 amide bonds. The fourth-order valence-electron chi connectivity index (χ4n) is 7.14. The van der Waals surface area contributed by atoms with E-state index in [9.17, 15) is 5.11 Å². The SMILES string of the molecule is C[C@]12CC3C4C1[C@H](O)C1C2[C@H]3C[C@H]41. The predicted octanol–water partition coefficient (Wildman–Crippen LogP) is 1.52. The molecule has 9 atom stereocenters. The molecule has 6 saturated carbocycles. The Kier molecular flexibility index (Phi) is 0.697. The lowest BCUT2D eigenvalue weighted by Gasteiger charge is -2.39. The Hall–Kier alpha value is -0.0400. The molecule has 6 bridgehead atoms. The molecule has 13 heavy (non-hydrogen) atoms. The van der Waals surface area contributed by atoms with Gasteiger partial charge in [-0.15, -0.1) is 0 Å². The summed E-state index contributed by atoms with van der Waals surface area (Å²) in [5.74, 6) is 6.49. The summed E-state index contributed by atoms with van der Waals surface area (Å²) in [7, 11) is 0. The van der Waals surface area contributed by atoms with E-state index >= 15 is 0 Å². The van der Waals surface area contributed by atoms with E-state index in [2.05, 4.69) is 6.92 Å². The van der Waals surface area contributed by atoms with Gasteiger partial charge < -0.3 is 5.11 Å². The topological polar surface area (TPSA) is 20.2 Å². The van der Waals surface area contributed by atoms with Gasteiger partial charge in [0.2, 0.25) is 0 Å². The summed E-state index contributed by atoms with van der Waals surface area (Å²) in [4.78, 5) is 0. The first kappa shape index (κ1) is 6.44. The quantitative estimate of drug-likeness (QED) is 0.593. The molecule has 70 valence electrons. The van der Waals surface area contributed by atoms with Crippen LogP contribution in [0.3, 0.4) is 0 Å². The molecule has 6 aliphatic rings. The van der Waals surface area contributed by atoms with E-state index in [0.29, 0.717) is 5.41 Å². The molecule has 6 rings (SSSR count). The average Bonchev–Trinajstić information content (AvgIpc) is 2.70. The lowest BCUT2D eigenvalue weighted by molar-refractivity contribution is 0.0629. The van der Waals surface area contributed by atoms with Crippen LogP contribution in [0.2, 0.25) is 0 Å². The highest BCUT2D eigenvalue weighted by molar-refractivity contribution is 5.31. The van der Waals surface area contributed by atoms with E-state index in [1.807, 2.05) is 0 Å². The minimum Gasteiger partial charge on any atom is -0.392 e. The Morgan fingerprint density at radius 3 is 2.69 bits per heavy atom. The molecule has 0 saturated heterocycles. The average molecular weight is 176 g/mol. The molecular weight excluding hydrogens is 160 g/mol. The number of hydrogen-bond acceptors (Lipinski definition) is 1. The van der Waals surface area contributed by atoms with Gasteiger partial charge >= 0.3 is 0 Å². The Morgan fingerprint density at radius 1 is 1.08 bits per heavy atom. The molecule has 0 heterocycles. The third-order valence-corrected chi connectivity index (χ3v) is 6.83. The highest BCUT2D eigenvalue weighted by Gasteiger charge is 2.84. The van der Waals surface area contributed by atoms with E-state index in [0.717, 1.165) is 41.4 Å². The molecule has 0 aliphatic heterocycles. The fourth-order valence-corrected chi connectivity index (χ4v) is 7.14. The molecule has 0 spiro atoms. The zero-order valence-electron chi connectivity index (χ0n) is 7.98. The lowest BCUT2D eigenvalue weighted by Crippen LogP contribution is -2.36. The van der Waals surface area contributed by atoms with Crippen molar-refractivity contribution < 1.29 is 5.11 Å². The summed E-state index contributed by atoms with van der Waals surface area (Å²) in [5, 5.41) is 10.3. The second kappa shape index (κ2) is 1.41. The maximum Gasteiger partial charge on any atom is 0.0610 e. The van der Waals surface area contributed by atoms with Crippen LogP contribution in [0.4, 0.5) is 0 Å². The van der Waals surface area contributed by atoms with E-state index in [-0.39, 0.29) is 6.10 Å². The molecule has 0 aromatic carbocycles. The predicted molar refractivity (Wildman–Crippen MR) is 47.8 cm³/mol. The highest BCUT2D eigenvalue weighted by Crippen LogP contribution is 2.86. The van der Waals surface area contributed by atoms with Crippen molar-refractivity contribution in [2.24, 2.45) is 46.8 Å². The van der Waals surface area contributed by atoms with Crippen LogP contribution in [0.5, 0.6) is 0 Å². The normalized spacial score (nSPS) is 85.4. The van der Waals surface area contributed by atoms with E-state index in [1.54, 1.807) is 0 Å². The standard InChI is InChI=1S/C12H16O/c1-12-3-6-4-2-5-7(6)10(12)11(13)8(5)9(4)12/h4-11,13H,2-3H2,1H3/t4-,5+,6?,7?,8?,9?,10?,11+,12+/m0/s1. The zero-order chi connectivity index (χ0) is 8.53. The van der Waals surface area contributed by atoms with Gasteiger partial charge in [-0.2, -0.15) is 0 Å². The second-order valence-electron chi connectivity index (χ2n) is 6.63. The smallest absolute Gasteiger partial charge is 0.0610 e. The first-order valence-corrected chi connectivity index (χ1v) is 5.91. The third kappa shape index (κ3) is 0.366. The summed E-state index contributed by atoms with van der Waals surface area (Å²) in [6, 6.07) is 0. The van der Waals surface area contributed by atoms with Gasteiger partial charge in [-0.25, -0.2) is 0 Å². The summed E-state index contributed by atoms with van der Waals surface area (Å²) < 4.78 is 0. The van der Waals surface area contributed by atoms with Crippen LogP contribution in [0.25, 0.3) is 0 Å². The largest absolute Gasteiger partial charge is 0.392 e. The van der Waals surface area contributed by atoms with E-state index in [4.69, 9.17) is 0 Å². The Bertz CT molecular complexity index is 312. The van der Waals surface area contributed by atoms with Crippen LogP contribution < -0.4 is 0 Å². The molecule has 5 unspecified atom stereocenters. The summed E-state index contributed by atoms with van der Waals surface area (Å²) in [5.41, 5.74) is 0.594. The van der Waals surface area contributed by atoms with Crippen molar-refractivity contribution in [3.8, 4) is 0 Å². The van der Waals surface area contributed by atoms with Gasteiger partial charge in [0.25, 0.3) is 0 Å². The molecule has 1 heteroatoms. The van der Waals surface area contributed by atoms with Gasteiger partial charge in [0.05, 0.1) is 6.10 Å². The van der Waals surface area contributed by atoms with Crippen LogP contribution in [-0.2, 0) is 0 Å². The number of aliphatic hydroxyl groups is 1. The number of aliphatic hydroxyl groups excluding tert-OH is 1. The van der Waals surface area contributed by atoms with Crippen molar-refractivity contribution in [3.63, 3.8) is 0 Å². The summed E-state index contributed by atoms with van der Waals surface area (Å²) >= 11 is 0. The van der Waals surface area contributed by atoms with Crippen LogP contribution in [0.15, 0.2) is 0 Å². The van der Waals surface area contributed by atoms with Crippen molar-refractivity contribution in [2.45, 2.75) is 25.9 Å². The van der Waals surface area contributed by atoms with Gasteiger partial charge in [0, 0.05) is 0 Å². The van der Waals surface area contributed by atoms with Gasteiger partial charge in [-0.1, -0.05) is 6.92 Å². The second-order valence-corrected chi connectivity index (χ2v) is 6.63. The Morgan fingerprint density at radius 2 is 1.92 bits per heavy atom. The third-order valence-electron chi connectivity index (χ3n) is 6.83. The maximum absolute atomic E-state index is 10.3. The number of hydrogen-bond donors (Lipinski definition) is 1. The molecule has 0 aromatic rings. The van der Waals surface area contributed by atoms with Crippen LogP contribution >= 0.6 is 0 Å². The van der Waals surface area contributed by atoms with Crippen LogP contribution in [-0.4, -0.2) is 11.2 Å². The minimum absolute atomic E-state index is 0.113. The molecule has 1 N–H and O–H groups in total. The van der Waals surface area contributed by atoms with Gasteiger partial charge in [-0.05, 0) is 59.7 Å². The molecule has 0 aromatic heterocycles. The van der Waals surface area contributed by atoms with Crippen molar-refractivity contribution in [1.29, 1.82) is 0 Å². The molecule has 1 nitrogen and oxygen atoms in total. The highest BCUT2D eigenvalue weighted by atomic mass is 16.3. The van der Waals surface area contributed by atoms with Crippen molar-refractivity contribution in [1.82, 2.24) is 0 Å². The maximum atomic E-state index is 10.3. The van der Waals surface area contributed by atoms with Crippen molar-refractivity contribution >= 4 is 0 Å². The molecule has 6 fully saturated rings. The van der Waals surface area contributed by atoms with Crippen LogP contribution in [0.1, 0.15) is 19.8 Å². The van der Waals surface area contributed by atoms with E-state index < -0.39 is 0 Å². The van der Waals surface area contributed by atoms with Gasteiger partial charge in [0.15, 0.2) is 0 Å². The number of rotatable bonds is 0. The monoisotopic (exact) mass is 176 g/mol. The van der Waals surface area contributed by atoms with Crippen LogP contribution in [0, 0.1) is 46.8 Å². The lowest BCUT2D eigenvalue weighted by atomic mass is 9.64. The van der Waals surface area contributed by atoms with Gasteiger partial charge in [-0.3, -0.25) is 0 Å². The molecular formula is C12H16O. The Labute approximate surface area is 78.5 Å². The Balaban J connectivity index is 1.89. The minimum atomic E-state index is 0.113. The van der Waals surface area contributed by atoms with Gasteiger partial charge in [0.1, 0.15) is 0 Å². The van der Waals surface area contributed by atoms with E-state index in [1.165, 1.54) is 12.8 Å².